The molecule has 0 spiro atoms. The molecule has 94 valence electrons. The molecule has 0 amide bonds. The van der Waals surface area contributed by atoms with Crippen LogP contribution in [0, 0.1) is 0 Å². The van der Waals surface area contributed by atoms with Gasteiger partial charge in [0.05, 0.1) is 13.2 Å². The fourth-order valence-electron chi connectivity index (χ4n) is 2.22. The molecule has 0 bridgehead atoms. The highest BCUT2D eigenvalue weighted by Crippen LogP contribution is 2.25. The van der Waals surface area contributed by atoms with Gasteiger partial charge in [-0.25, -0.2) is 0 Å². The molecule has 0 radical (unpaired) electrons. The summed E-state index contributed by atoms with van der Waals surface area (Å²) in [6.07, 6.45) is 5.64. The number of hydrogen-bond donors (Lipinski definition) is 2. The Morgan fingerprint density at radius 3 is 2.76 bits per heavy atom. The lowest BCUT2D eigenvalue weighted by atomic mass is 9.92. The second-order valence-electron chi connectivity index (χ2n) is 4.72. The molecule has 0 fully saturated rings. The number of rotatable bonds is 5. The second-order valence-corrected chi connectivity index (χ2v) is 4.72. The molecule has 0 heterocycles. The monoisotopic (exact) mass is 235 g/mol. The predicted molar refractivity (Wildman–Crippen MR) is 68.3 cm³/mol. The van der Waals surface area contributed by atoms with Crippen molar-refractivity contribution < 1.29 is 9.84 Å². The third-order valence-electron chi connectivity index (χ3n) is 3.31. The van der Waals surface area contributed by atoms with Crippen LogP contribution in [-0.2, 0) is 12.8 Å². The average molecular weight is 235 g/mol. The van der Waals surface area contributed by atoms with Crippen LogP contribution in [0.4, 0.5) is 0 Å². The Balaban J connectivity index is 1.89. The van der Waals surface area contributed by atoms with Crippen LogP contribution in [0.1, 0.15) is 30.4 Å². The van der Waals surface area contributed by atoms with Gasteiger partial charge in [-0.2, -0.15) is 0 Å². The normalized spacial score (nSPS) is 16.4. The lowest BCUT2D eigenvalue weighted by molar-refractivity contribution is 0.230. The van der Waals surface area contributed by atoms with Gasteiger partial charge in [0.15, 0.2) is 0 Å². The maximum absolute atomic E-state index is 8.81. The van der Waals surface area contributed by atoms with E-state index in [4.69, 9.17) is 15.6 Å². The van der Waals surface area contributed by atoms with E-state index in [-0.39, 0.29) is 12.6 Å². The van der Waals surface area contributed by atoms with Crippen molar-refractivity contribution in [2.24, 2.45) is 5.73 Å². The third-order valence-corrected chi connectivity index (χ3v) is 3.31. The maximum atomic E-state index is 8.81. The van der Waals surface area contributed by atoms with Crippen LogP contribution in [0.15, 0.2) is 18.2 Å². The quantitative estimate of drug-likeness (QED) is 0.816. The van der Waals surface area contributed by atoms with Crippen molar-refractivity contribution in [1.82, 2.24) is 0 Å². The number of aliphatic hydroxyl groups excluding tert-OH is 1. The molecule has 3 heteroatoms. The number of aryl methyl sites for hydroxylation is 2. The maximum Gasteiger partial charge on any atom is 0.119 e. The van der Waals surface area contributed by atoms with Crippen molar-refractivity contribution in [2.45, 2.75) is 38.1 Å². The van der Waals surface area contributed by atoms with E-state index in [1.54, 1.807) is 0 Å². The average Bonchev–Trinajstić information content (AvgIpc) is 2.38. The molecule has 0 saturated carbocycles. The molecule has 1 aliphatic rings. The molecule has 0 aromatic heterocycles. The molecule has 1 aromatic rings. The summed E-state index contributed by atoms with van der Waals surface area (Å²) in [5.41, 5.74) is 8.52. The zero-order valence-electron chi connectivity index (χ0n) is 10.2. The van der Waals surface area contributed by atoms with Crippen molar-refractivity contribution in [3.05, 3.63) is 29.3 Å². The number of hydrogen-bond acceptors (Lipinski definition) is 3. The Labute approximate surface area is 103 Å². The number of benzene rings is 1. The molecule has 0 aliphatic heterocycles. The first-order valence-corrected chi connectivity index (χ1v) is 6.40. The molecule has 3 N–H and O–H groups in total. The van der Waals surface area contributed by atoms with Gasteiger partial charge in [0.1, 0.15) is 5.75 Å². The highest BCUT2D eigenvalue weighted by Gasteiger charge is 2.10. The Morgan fingerprint density at radius 2 is 2.00 bits per heavy atom. The largest absolute Gasteiger partial charge is 0.494 e. The summed E-state index contributed by atoms with van der Waals surface area (Å²) in [4.78, 5) is 0. The van der Waals surface area contributed by atoms with Gasteiger partial charge in [0, 0.05) is 6.04 Å². The molecule has 0 saturated heterocycles. The van der Waals surface area contributed by atoms with Crippen LogP contribution in [0.3, 0.4) is 0 Å². The van der Waals surface area contributed by atoms with E-state index >= 15 is 0 Å². The topological polar surface area (TPSA) is 55.5 Å². The van der Waals surface area contributed by atoms with Gasteiger partial charge in [-0.05, 0) is 55.4 Å². The summed E-state index contributed by atoms with van der Waals surface area (Å²) in [7, 11) is 0. The van der Waals surface area contributed by atoms with E-state index in [1.165, 1.54) is 36.8 Å². The summed E-state index contributed by atoms with van der Waals surface area (Å²) in [5, 5.41) is 8.81. The van der Waals surface area contributed by atoms with E-state index < -0.39 is 0 Å². The smallest absolute Gasteiger partial charge is 0.119 e. The van der Waals surface area contributed by atoms with Gasteiger partial charge >= 0.3 is 0 Å². The van der Waals surface area contributed by atoms with E-state index in [9.17, 15) is 0 Å². The van der Waals surface area contributed by atoms with Crippen LogP contribution >= 0.6 is 0 Å². The summed E-state index contributed by atoms with van der Waals surface area (Å²) in [5.74, 6) is 0.927. The Morgan fingerprint density at radius 1 is 1.24 bits per heavy atom. The van der Waals surface area contributed by atoms with E-state index in [2.05, 4.69) is 12.1 Å². The van der Waals surface area contributed by atoms with Crippen molar-refractivity contribution >= 4 is 0 Å². The van der Waals surface area contributed by atoms with Crippen LogP contribution in [-0.4, -0.2) is 24.4 Å². The SMILES string of the molecule is NC(CO)CCOc1ccc2c(c1)CCCC2. The molecule has 3 nitrogen and oxygen atoms in total. The van der Waals surface area contributed by atoms with E-state index in [0.717, 1.165) is 5.75 Å². The lowest BCUT2D eigenvalue weighted by Crippen LogP contribution is -2.26. The zero-order chi connectivity index (χ0) is 12.1. The van der Waals surface area contributed by atoms with Crippen molar-refractivity contribution in [3.63, 3.8) is 0 Å². The van der Waals surface area contributed by atoms with Crippen LogP contribution in [0.5, 0.6) is 5.75 Å². The minimum atomic E-state index is -0.173. The van der Waals surface area contributed by atoms with Gasteiger partial charge in [-0.3, -0.25) is 0 Å². The second kappa shape index (κ2) is 6.03. The molecule has 17 heavy (non-hydrogen) atoms. The molecular formula is C14H21NO2. The number of aliphatic hydroxyl groups is 1. The van der Waals surface area contributed by atoms with Gasteiger partial charge in [0.2, 0.25) is 0 Å². The Hall–Kier alpha value is -1.06. The molecule has 2 rings (SSSR count). The Kier molecular flexibility index (Phi) is 4.40. The fourth-order valence-corrected chi connectivity index (χ4v) is 2.22. The minimum absolute atomic E-state index is 0.0214. The molecule has 1 aromatic carbocycles. The standard InChI is InChI=1S/C14H21NO2/c15-13(10-16)7-8-17-14-6-5-11-3-1-2-4-12(11)9-14/h5-6,9,13,16H,1-4,7-8,10,15H2. The molecule has 1 atom stereocenters. The molecular weight excluding hydrogens is 214 g/mol. The molecule has 1 aliphatic carbocycles. The van der Waals surface area contributed by atoms with Gasteiger partial charge in [-0.1, -0.05) is 6.07 Å². The summed E-state index contributed by atoms with van der Waals surface area (Å²) >= 11 is 0. The van der Waals surface area contributed by atoms with Crippen molar-refractivity contribution in [1.29, 1.82) is 0 Å². The predicted octanol–water partition coefficient (Wildman–Crippen LogP) is 1.65. The summed E-state index contributed by atoms with van der Waals surface area (Å²) in [6.45, 7) is 0.591. The zero-order valence-corrected chi connectivity index (χ0v) is 10.2. The van der Waals surface area contributed by atoms with Gasteiger partial charge in [0.25, 0.3) is 0 Å². The van der Waals surface area contributed by atoms with Crippen molar-refractivity contribution in [2.75, 3.05) is 13.2 Å². The summed E-state index contributed by atoms with van der Waals surface area (Å²) < 4.78 is 5.65. The number of nitrogens with two attached hydrogens (primary N) is 1. The highest BCUT2D eigenvalue weighted by molar-refractivity contribution is 5.37. The van der Waals surface area contributed by atoms with Gasteiger partial charge < -0.3 is 15.6 Å². The van der Waals surface area contributed by atoms with Crippen LogP contribution in [0.2, 0.25) is 0 Å². The van der Waals surface area contributed by atoms with E-state index in [0.29, 0.717) is 13.0 Å². The first-order valence-electron chi connectivity index (χ1n) is 6.40. The third kappa shape index (κ3) is 3.45. The lowest BCUT2D eigenvalue weighted by Gasteiger charge is -2.17. The number of ether oxygens (including phenoxy) is 1. The first-order chi connectivity index (χ1) is 8.29. The van der Waals surface area contributed by atoms with Gasteiger partial charge in [-0.15, -0.1) is 0 Å². The molecule has 1 unspecified atom stereocenters. The first kappa shape index (κ1) is 12.4. The minimum Gasteiger partial charge on any atom is -0.494 e. The van der Waals surface area contributed by atoms with E-state index in [1.807, 2.05) is 6.07 Å². The fraction of sp³-hybridized carbons (Fsp3) is 0.571. The highest BCUT2D eigenvalue weighted by atomic mass is 16.5. The number of fused-ring (bicyclic) bond motifs is 1. The summed E-state index contributed by atoms with van der Waals surface area (Å²) in [6, 6.07) is 6.19. The van der Waals surface area contributed by atoms with Crippen LogP contribution in [0.25, 0.3) is 0 Å². The van der Waals surface area contributed by atoms with Crippen LogP contribution < -0.4 is 10.5 Å². The van der Waals surface area contributed by atoms with Crippen molar-refractivity contribution in [3.8, 4) is 5.75 Å². The Bertz CT molecular complexity index is 365.